The number of hydrogen-bond donors (Lipinski definition) is 1. The van der Waals surface area contributed by atoms with Crippen molar-refractivity contribution in [2.24, 2.45) is 4.99 Å². The number of hydrogen-bond acceptors (Lipinski definition) is 4. The summed E-state index contributed by atoms with van der Waals surface area (Å²) in [5.41, 5.74) is 1.19. The van der Waals surface area contributed by atoms with Crippen molar-refractivity contribution in [1.82, 2.24) is 8.01 Å². The highest BCUT2D eigenvalue weighted by atomic mass is 127. The third-order valence-corrected chi connectivity index (χ3v) is 4.28. The van der Waals surface area contributed by atoms with Crippen LogP contribution in [0.1, 0.15) is 6.92 Å². The molecule has 101 valence electrons. The van der Waals surface area contributed by atoms with Gasteiger partial charge in [-0.1, -0.05) is 23.1 Å². The van der Waals surface area contributed by atoms with Crippen LogP contribution in [0.15, 0.2) is 59.5 Å². The van der Waals surface area contributed by atoms with Gasteiger partial charge in [0, 0.05) is 24.9 Å². The molecule has 2 heterocycles. The summed E-state index contributed by atoms with van der Waals surface area (Å²) in [6, 6.07) is 9.37. The van der Waals surface area contributed by atoms with Gasteiger partial charge in [0.25, 0.3) is 11.7 Å². The fourth-order valence-corrected chi connectivity index (χ4v) is 2.47. The van der Waals surface area contributed by atoms with Crippen molar-refractivity contribution in [3.05, 3.63) is 54.5 Å². The van der Waals surface area contributed by atoms with Crippen LogP contribution in [0.2, 0.25) is 0 Å². The molecule has 1 radical (unpaired) electrons. The van der Waals surface area contributed by atoms with Gasteiger partial charge < -0.3 is 5.32 Å². The van der Waals surface area contributed by atoms with Crippen LogP contribution in [-0.2, 0) is 4.79 Å². The second kappa shape index (κ2) is 5.37. The van der Waals surface area contributed by atoms with Gasteiger partial charge in [-0.3, -0.25) is 7.91 Å². The summed E-state index contributed by atoms with van der Waals surface area (Å²) in [7, 11) is 0. The van der Waals surface area contributed by atoms with E-state index in [0.717, 1.165) is 11.5 Å². The lowest BCUT2D eigenvalue weighted by atomic mass is 10.3. The number of anilines is 1. The molecule has 0 fully saturated rings. The van der Waals surface area contributed by atoms with E-state index < -0.39 is 0 Å². The molecule has 0 saturated heterocycles. The number of fused-ring (bicyclic) bond motifs is 1. The number of nitrogens with one attached hydrogen (secondary N) is 1. The minimum absolute atomic E-state index is 0.140. The minimum atomic E-state index is -0.196. The predicted octanol–water partition coefficient (Wildman–Crippen LogP) is 2.54. The van der Waals surface area contributed by atoms with E-state index in [-0.39, 0.29) is 12.1 Å². The summed E-state index contributed by atoms with van der Waals surface area (Å²) in [4.78, 5) is 18.5. The molecule has 1 atom stereocenters. The fraction of sp³-hybridized carbons (Fsp3) is 0.143. The van der Waals surface area contributed by atoms with Crippen LogP contribution in [0.4, 0.5) is 5.69 Å². The molecule has 2 aliphatic rings. The zero-order valence-electron chi connectivity index (χ0n) is 10.8. The SMILES string of the molecule is CC1N(I)C=CC2=NC(C(=O)Nc3ccccc3)=C[N+]21. The summed E-state index contributed by atoms with van der Waals surface area (Å²) in [6.45, 7) is 2.06. The van der Waals surface area contributed by atoms with Crippen LogP contribution in [0, 0.1) is 0 Å². The van der Waals surface area contributed by atoms with Crippen LogP contribution >= 0.6 is 22.9 Å². The lowest BCUT2D eigenvalue weighted by Crippen LogP contribution is -2.46. The molecule has 1 N–H and O–H groups in total. The van der Waals surface area contributed by atoms with Gasteiger partial charge in [0.2, 0.25) is 6.17 Å². The smallest absolute Gasteiger partial charge is 0.285 e. The number of benzene rings is 1. The maximum Gasteiger partial charge on any atom is 0.285 e. The number of para-hydroxylation sites is 1. The molecular formula is C14H13IN4O+. The molecule has 3 rings (SSSR count). The van der Waals surface area contributed by atoms with E-state index in [4.69, 9.17) is 0 Å². The van der Waals surface area contributed by atoms with Crippen LogP contribution < -0.4 is 10.2 Å². The monoisotopic (exact) mass is 380 g/mol. The van der Waals surface area contributed by atoms with Crippen LogP contribution in [0.25, 0.3) is 0 Å². The zero-order chi connectivity index (χ0) is 14.1. The van der Waals surface area contributed by atoms with Gasteiger partial charge in [-0.25, -0.2) is 0 Å². The first-order chi connectivity index (χ1) is 9.65. The van der Waals surface area contributed by atoms with Crippen LogP contribution in [0.3, 0.4) is 0 Å². The quantitative estimate of drug-likeness (QED) is 0.487. The first-order valence-electron chi connectivity index (χ1n) is 6.23. The lowest BCUT2D eigenvalue weighted by molar-refractivity contribution is -0.112. The molecule has 0 saturated carbocycles. The van der Waals surface area contributed by atoms with Gasteiger partial charge in [-0.05, 0) is 12.1 Å². The third kappa shape index (κ3) is 2.48. The van der Waals surface area contributed by atoms with Gasteiger partial charge in [0.1, 0.15) is 0 Å². The standard InChI is InChI=1S/C14H13IN4O/c1-10-18-9-12(17-13(18)7-8-19(10)15)14(20)16-11-5-3-2-4-6-11/h2-10H,1H3,(H,16,20)/q+1. The zero-order valence-corrected chi connectivity index (χ0v) is 13.0. The Morgan fingerprint density at radius 3 is 2.90 bits per heavy atom. The number of amides is 1. The van der Waals surface area contributed by atoms with E-state index in [9.17, 15) is 4.79 Å². The maximum atomic E-state index is 12.2. The van der Waals surface area contributed by atoms with Crippen LogP contribution in [-0.4, -0.2) is 21.0 Å². The Kier molecular flexibility index (Phi) is 3.58. The summed E-state index contributed by atoms with van der Waals surface area (Å²) >= 11 is 2.22. The number of carbonyl (C=O) groups excluding carboxylic acids is 1. The molecule has 1 unspecified atom stereocenters. The molecule has 0 spiro atoms. The van der Waals surface area contributed by atoms with Crippen molar-refractivity contribution >= 4 is 40.3 Å². The number of aliphatic imine (C=N–C) groups is 1. The molecule has 5 nitrogen and oxygen atoms in total. The largest absolute Gasteiger partial charge is 0.320 e. The van der Waals surface area contributed by atoms with E-state index in [1.54, 1.807) is 6.20 Å². The summed E-state index contributed by atoms with van der Waals surface area (Å²) in [6.07, 6.45) is 5.77. The second-order valence-electron chi connectivity index (χ2n) is 4.50. The van der Waals surface area contributed by atoms with E-state index in [0.29, 0.717) is 5.70 Å². The Balaban J connectivity index is 1.78. The molecular weight excluding hydrogens is 367 g/mol. The Bertz CT molecular complexity index is 623. The normalized spacial score (nSPS) is 21.3. The number of amidine groups is 1. The van der Waals surface area contributed by atoms with E-state index in [1.165, 1.54) is 0 Å². The Morgan fingerprint density at radius 2 is 2.15 bits per heavy atom. The third-order valence-electron chi connectivity index (χ3n) is 3.15. The fourth-order valence-electron chi connectivity index (χ4n) is 2.04. The van der Waals surface area contributed by atoms with Crippen molar-refractivity contribution in [1.29, 1.82) is 0 Å². The molecule has 0 bridgehead atoms. The maximum absolute atomic E-state index is 12.2. The highest BCUT2D eigenvalue weighted by molar-refractivity contribution is 14.1. The van der Waals surface area contributed by atoms with Crippen molar-refractivity contribution < 1.29 is 4.79 Å². The Hall–Kier alpha value is -1.67. The molecule has 6 heteroatoms. The Morgan fingerprint density at radius 1 is 1.40 bits per heavy atom. The highest BCUT2D eigenvalue weighted by Crippen LogP contribution is 2.22. The lowest BCUT2D eigenvalue weighted by Gasteiger charge is -2.22. The number of carbonyl (C=O) groups is 1. The van der Waals surface area contributed by atoms with E-state index in [2.05, 4.69) is 40.1 Å². The average molecular weight is 380 g/mol. The number of halogens is 1. The molecule has 20 heavy (non-hydrogen) atoms. The van der Waals surface area contributed by atoms with Gasteiger partial charge in [0.15, 0.2) is 11.9 Å². The summed E-state index contributed by atoms with van der Waals surface area (Å²) in [5.74, 6) is 0.599. The topological polar surface area (TPSA) is 50.6 Å². The second-order valence-corrected chi connectivity index (χ2v) is 5.62. The number of nitrogens with zero attached hydrogens (tertiary/aromatic N) is 3. The van der Waals surface area contributed by atoms with Gasteiger partial charge in [0.05, 0.1) is 22.9 Å². The van der Waals surface area contributed by atoms with E-state index >= 15 is 0 Å². The van der Waals surface area contributed by atoms with Crippen molar-refractivity contribution in [3.63, 3.8) is 0 Å². The Labute approximate surface area is 131 Å². The summed E-state index contributed by atoms with van der Waals surface area (Å²) in [5, 5.41) is 2.84. The molecule has 1 amide bonds. The van der Waals surface area contributed by atoms with Gasteiger partial charge in [-0.2, -0.15) is 4.99 Å². The first kappa shape index (κ1) is 13.3. The highest BCUT2D eigenvalue weighted by Gasteiger charge is 2.40. The number of rotatable bonds is 2. The molecule has 2 aliphatic heterocycles. The predicted molar refractivity (Wildman–Crippen MR) is 87.2 cm³/mol. The van der Waals surface area contributed by atoms with Crippen LogP contribution in [0.5, 0.6) is 0 Å². The van der Waals surface area contributed by atoms with Crippen molar-refractivity contribution in [3.8, 4) is 0 Å². The van der Waals surface area contributed by atoms with Gasteiger partial charge in [-0.15, -0.1) is 0 Å². The molecule has 0 aromatic heterocycles. The van der Waals surface area contributed by atoms with Crippen molar-refractivity contribution in [2.75, 3.05) is 5.32 Å². The average Bonchev–Trinajstić information content (AvgIpc) is 2.89. The minimum Gasteiger partial charge on any atom is -0.320 e. The van der Waals surface area contributed by atoms with Crippen molar-refractivity contribution in [2.45, 2.75) is 13.1 Å². The molecule has 1 aromatic rings. The first-order valence-corrected chi connectivity index (χ1v) is 7.19. The molecule has 0 aliphatic carbocycles. The van der Waals surface area contributed by atoms with E-state index in [1.807, 2.05) is 50.6 Å². The molecule has 1 aromatic carbocycles. The summed E-state index contributed by atoms with van der Waals surface area (Å²) < 4.78 is 2.03. The van der Waals surface area contributed by atoms with Gasteiger partial charge >= 0.3 is 0 Å².